The molecule has 25 heavy (non-hydrogen) atoms. The first-order chi connectivity index (χ1) is 12.0. The normalized spacial score (nSPS) is 22.0. The second kappa shape index (κ2) is 6.36. The smallest absolute Gasteiger partial charge is 0.342 e. The lowest BCUT2D eigenvalue weighted by Crippen LogP contribution is -2.39. The number of fused-ring (bicyclic) bond motifs is 3. The Kier molecular flexibility index (Phi) is 4.32. The number of benzene rings is 2. The summed E-state index contributed by atoms with van der Waals surface area (Å²) in [5.41, 5.74) is 1.09. The summed E-state index contributed by atoms with van der Waals surface area (Å²) in [6.07, 6.45) is 1.07. The maximum atomic E-state index is 12.6. The Balaban J connectivity index is 1.64. The van der Waals surface area contributed by atoms with E-state index in [2.05, 4.69) is 5.32 Å². The average molecular weight is 400 g/mol. The lowest BCUT2D eigenvalue weighted by molar-refractivity contribution is 0.176. The van der Waals surface area contributed by atoms with Crippen molar-refractivity contribution in [1.29, 1.82) is 0 Å². The van der Waals surface area contributed by atoms with Crippen molar-refractivity contribution < 1.29 is 17.3 Å². The molecule has 0 spiro atoms. The van der Waals surface area contributed by atoms with Gasteiger partial charge in [0, 0.05) is 24.1 Å². The largest absolute Gasteiger partial charge is 0.488 e. The van der Waals surface area contributed by atoms with Crippen molar-refractivity contribution in [2.45, 2.75) is 23.3 Å². The number of piperidine rings is 1. The molecular formula is C17H15Cl2NO4S. The Morgan fingerprint density at radius 1 is 1.16 bits per heavy atom. The van der Waals surface area contributed by atoms with Crippen LogP contribution in [0, 0.1) is 0 Å². The number of halogens is 2. The summed E-state index contributed by atoms with van der Waals surface area (Å²) < 4.78 is 36.3. The standard InChI is InChI=1S/C17H15Cl2NO4S/c18-13-2-1-3-14(19)17(13)25(21,22)24-10-4-5-11-12-6-7-20-9-16(12)23-15(11)8-10/h1-5,8,12,16,20H,6-7,9H2. The van der Waals surface area contributed by atoms with Gasteiger partial charge in [0.25, 0.3) is 0 Å². The average Bonchev–Trinajstić information content (AvgIpc) is 2.91. The number of hydrogen-bond donors (Lipinski definition) is 1. The molecule has 2 heterocycles. The van der Waals surface area contributed by atoms with E-state index in [-0.39, 0.29) is 26.8 Å². The molecule has 0 aliphatic carbocycles. The van der Waals surface area contributed by atoms with E-state index >= 15 is 0 Å². The summed E-state index contributed by atoms with van der Waals surface area (Å²) in [4.78, 5) is -0.238. The zero-order valence-electron chi connectivity index (χ0n) is 13.0. The second-order valence-corrected chi connectivity index (χ2v) is 8.34. The monoisotopic (exact) mass is 399 g/mol. The fraction of sp³-hybridized carbons (Fsp3) is 0.294. The van der Waals surface area contributed by atoms with Gasteiger partial charge in [-0.15, -0.1) is 0 Å². The molecule has 2 aromatic carbocycles. The molecule has 1 fully saturated rings. The first-order valence-corrected chi connectivity index (χ1v) is 10.0. The van der Waals surface area contributed by atoms with Crippen LogP contribution in [0.25, 0.3) is 0 Å². The van der Waals surface area contributed by atoms with Crippen molar-refractivity contribution in [2.75, 3.05) is 13.1 Å². The van der Waals surface area contributed by atoms with Crippen LogP contribution < -0.4 is 14.2 Å². The molecule has 0 aromatic heterocycles. The summed E-state index contributed by atoms with van der Waals surface area (Å²) >= 11 is 12.0. The van der Waals surface area contributed by atoms with E-state index in [4.69, 9.17) is 32.1 Å². The Hall–Kier alpha value is -1.47. The fourth-order valence-corrected chi connectivity index (χ4v) is 5.36. The van der Waals surface area contributed by atoms with E-state index in [0.717, 1.165) is 25.1 Å². The van der Waals surface area contributed by atoms with Crippen molar-refractivity contribution >= 4 is 33.3 Å². The van der Waals surface area contributed by atoms with Crippen LogP contribution in [-0.2, 0) is 10.1 Å². The summed E-state index contributed by atoms with van der Waals surface area (Å²) in [6, 6.07) is 9.58. The third-order valence-electron chi connectivity index (χ3n) is 4.46. The highest BCUT2D eigenvalue weighted by molar-refractivity contribution is 7.87. The van der Waals surface area contributed by atoms with Crippen molar-refractivity contribution in [3.05, 3.63) is 52.0 Å². The van der Waals surface area contributed by atoms with Gasteiger partial charge in [0.15, 0.2) is 0 Å². The molecule has 2 atom stereocenters. The third-order valence-corrected chi connectivity index (χ3v) is 6.67. The van der Waals surface area contributed by atoms with Gasteiger partial charge in [-0.25, -0.2) is 0 Å². The molecule has 0 radical (unpaired) electrons. The molecule has 0 amide bonds. The number of nitrogens with one attached hydrogen (secondary N) is 1. The van der Waals surface area contributed by atoms with Crippen molar-refractivity contribution in [1.82, 2.24) is 5.32 Å². The SMILES string of the molecule is O=S(=O)(Oc1ccc2c(c1)OC1CNCCC21)c1c(Cl)cccc1Cl. The van der Waals surface area contributed by atoms with Crippen LogP contribution in [0.4, 0.5) is 0 Å². The van der Waals surface area contributed by atoms with Crippen LogP contribution in [-0.4, -0.2) is 27.6 Å². The number of ether oxygens (including phenoxy) is 1. The van der Waals surface area contributed by atoms with Gasteiger partial charge in [-0.3, -0.25) is 0 Å². The third kappa shape index (κ3) is 3.08. The van der Waals surface area contributed by atoms with Crippen LogP contribution in [0.2, 0.25) is 10.0 Å². The van der Waals surface area contributed by atoms with Crippen LogP contribution in [0.3, 0.4) is 0 Å². The van der Waals surface area contributed by atoms with E-state index in [9.17, 15) is 8.42 Å². The van der Waals surface area contributed by atoms with Gasteiger partial charge in [-0.1, -0.05) is 35.3 Å². The van der Waals surface area contributed by atoms with Crippen molar-refractivity contribution in [2.24, 2.45) is 0 Å². The Bertz CT molecular complexity index is 912. The molecule has 1 saturated heterocycles. The topological polar surface area (TPSA) is 64.6 Å². The molecule has 132 valence electrons. The molecule has 4 rings (SSSR count). The lowest BCUT2D eigenvalue weighted by atomic mass is 9.90. The van der Waals surface area contributed by atoms with Gasteiger partial charge in [0.1, 0.15) is 22.5 Å². The Morgan fingerprint density at radius 3 is 2.68 bits per heavy atom. The van der Waals surface area contributed by atoms with Gasteiger partial charge in [-0.2, -0.15) is 8.42 Å². The van der Waals surface area contributed by atoms with E-state index in [1.54, 1.807) is 18.2 Å². The number of rotatable bonds is 3. The zero-order valence-corrected chi connectivity index (χ0v) is 15.4. The van der Waals surface area contributed by atoms with Gasteiger partial charge < -0.3 is 14.2 Å². The minimum atomic E-state index is -4.15. The van der Waals surface area contributed by atoms with E-state index in [1.807, 2.05) is 6.07 Å². The van der Waals surface area contributed by atoms with Crippen molar-refractivity contribution in [3.8, 4) is 11.5 Å². The summed E-state index contributed by atoms with van der Waals surface area (Å²) in [6.45, 7) is 1.73. The first-order valence-electron chi connectivity index (χ1n) is 7.85. The summed E-state index contributed by atoms with van der Waals surface area (Å²) in [5, 5.41) is 3.33. The molecule has 5 nitrogen and oxygen atoms in total. The molecule has 1 N–H and O–H groups in total. The van der Waals surface area contributed by atoms with Crippen molar-refractivity contribution in [3.63, 3.8) is 0 Å². The first kappa shape index (κ1) is 17.0. The molecule has 2 aliphatic heterocycles. The molecule has 2 unspecified atom stereocenters. The predicted octanol–water partition coefficient (Wildman–Crippen LogP) is 3.60. The van der Waals surface area contributed by atoms with Crippen LogP contribution in [0.15, 0.2) is 41.3 Å². The minimum Gasteiger partial charge on any atom is -0.488 e. The lowest BCUT2D eigenvalue weighted by Gasteiger charge is -2.24. The molecular weight excluding hydrogens is 385 g/mol. The fourth-order valence-electron chi connectivity index (χ4n) is 3.34. The molecule has 0 bridgehead atoms. The van der Waals surface area contributed by atoms with Gasteiger partial charge >= 0.3 is 10.1 Å². The molecule has 2 aliphatic rings. The Labute approximate surface area is 156 Å². The zero-order chi connectivity index (χ0) is 17.6. The minimum absolute atomic E-state index is 0.0157. The highest BCUT2D eigenvalue weighted by Crippen LogP contribution is 2.43. The molecule has 2 aromatic rings. The van der Waals surface area contributed by atoms with Gasteiger partial charge in [0.05, 0.1) is 10.0 Å². The second-order valence-electron chi connectivity index (χ2n) is 6.04. The quantitative estimate of drug-likeness (QED) is 0.798. The van der Waals surface area contributed by atoms with E-state index in [0.29, 0.717) is 11.7 Å². The van der Waals surface area contributed by atoms with Gasteiger partial charge in [0.2, 0.25) is 0 Å². The summed E-state index contributed by atoms with van der Waals surface area (Å²) in [5.74, 6) is 1.16. The maximum absolute atomic E-state index is 12.6. The predicted molar refractivity (Wildman–Crippen MR) is 95.4 cm³/mol. The summed E-state index contributed by atoms with van der Waals surface area (Å²) in [7, 11) is -4.15. The van der Waals surface area contributed by atoms with E-state index in [1.165, 1.54) is 12.1 Å². The van der Waals surface area contributed by atoms with Crippen LogP contribution in [0.1, 0.15) is 17.9 Å². The Morgan fingerprint density at radius 2 is 1.92 bits per heavy atom. The van der Waals surface area contributed by atoms with Crippen LogP contribution in [0.5, 0.6) is 11.5 Å². The number of hydrogen-bond acceptors (Lipinski definition) is 5. The molecule has 0 saturated carbocycles. The maximum Gasteiger partial charge on any atom is 0.342 e. The highest BCUT2D eigenvalue weighted by atomic mass is 35.5. The van der Waals surface area contributed by atoms with E-state index < -0.39 is 10.1 Å². The van der Waals surface area contributed by atoms with Gasteiger partial charge in [-0.05, 0) is 31.2 Å². The highest BCUT2D eigenvalue weighted by Gasteiger charge is 2.36. The van der Waals surface area contributed by atoms with Crippen LogP contribution >= 0.6 is 23.2 Å². The molecule has 8 heteroatoms.